The summed E-state index contributed by atoms with van der Waals surface area (Å²) in [4.78, 5) is 31.3. The average Bonchev–Trinajstić information content (AvgIpc) is 3.15. The molecule has 7 heteroatoms. The van der Waals surface area contributed by atoms with Crippen LogP contribution in [-0.2, 0) is 16.1 Å². The molecule has 0 radical (unpaired) electrons. The third-order valence-corrected chi connectivity index (χ3v) is 5.62. The van der Waals surface area contributed by atoms with Crippen LogP contribution in [0.3, 0.4) is 0 Å². The zero-order valence-corrected chi connectivity index (χ0v) is 19.1. The summed E-state index contributed by atoms with van der Waals surface area (Å²) < 4.78 is 16.3. The molecule has 0 aliphatic carbocycles. The van der Waals surface area contributed by atoms with Crippen molar-refractivity contribution in [3.05, 3.63) is 47.7 Å². The molecule has 3 aromatic rings. The topological polar surface area (TPSA) is 78.0 Å². The summed E-state index contributed by atoms with van der Waals surface area (Å²) >= 11 is 0. The molecule has 4 rings (SSSR count). The maximum atomic E-state index is 12.6. The number of nitrogens with zero attached hydrogens (tertiary/aromatic N) is 2. The van der Waals surface area contributed by atoms with Crippen molar-refractivity contribution >= 4 is 28.5 Å². The van der Waals surface area contributed by atoms with Crippen LogP contribution in [-0.4, -0.2) is 38.1 Å². The first kappa shape index (κ1) is 21.6. The molecule has 32 heavy (non-hydrogen) atoms. The lowest BCUT2D eigenvalue weighted by molar-refractivity contribution is -0.125. The highest BCUT2D eigenvalue weighted by atomic mass is 16.5. The Hall–Kier alpha value is -3.61. The van der Waals surface area contributed by atoms with Gasteiger partial charge in [0.1, 0.15) is 12.4 Å². The summed E-state index contributed by atoms with van der Waals surface area (Å²) in [5.74, 6) is 1.30. The molecule has 1 aromatic heterocycles. The zero-order chi connectivity index (χ0) is 23.2. The molecule has 1 amide bonds. The van der Waals surface area contributed by atoms with Gasteiger partial charge < -0.3 is 14.2 Å². The number of hydrogen-bond acceptors (Lipinski definition) is 6. The summed E-state index contributed by atoms with van der Waals surface area (Å²) in [6.45, 7) is 5.83. The average molecular weight is 434 g/mol. The molecule has 0 spiro atoms. The molecule has 2 aromatic carbocycles. The van der Waals surface area contributed by atoms with Crippen LogP contribution >= 0.6 is 0 Å². The molecule has 0 saturated heterocycles. The SMILES string of the molecule is COc1cc2cc3c(c(-c4ccc(N(C)C(=O)C(C)(C)C)nc4)c2cc1OC)C(=O)OC3. The molecule has 166 valence electrons. The monoisotopic (exact) mass is 434 g/mol. The Morgan fingerprint density at radius 2 is 1.75 bits per heavy atom. The minimum absolute atomic E-state index is 0.0378. The first-order valence-electron chi connectivity index (χ1n) is 10.3. The predicted octanol–water partition coefficient (Wildman–Crippen LogP) is 4.60. The van der Waals surface area contributed by atoms with Gasteiger partial charge in [-0.1, -0.05) is 20.8 Å². The number of carbonyl (C=O) groups excluding carboxylic acids is 2. The second-order valence-corrected chi connectivity index (χ2v) is 8.81. The van der Waals surface area contributed by atoms with Crippen molar-refractivity contribution in [1.82, 2.24) is 4.98 Å². The van der Waals surface area contributed by atoms with Crippen LogP contribution in [0, 0.1) is 5.41 Å². The number of cyclic esters (lactones) is 1. The summed E-state index contributed by atoms with van der Waals surface area (Å²) in [7, 11) is 4.87. The van der Waals surface area contributed by atoms with E-state index in [1.165, 1.54) is 0 Å². The molecule has 0 unspecified atom stereocenters. The van der Waals surface area contributed by atoms with E-state index in [4.69, 9.17) is 14.2 Å². The first-order valence-corrected chi connectivity index (χ1v) is 10.3. The molecule has 7 nitrogen and oxygen atoms in total. The highest BCUT2D eigenvalue weighted by Gasteiger charge is 2.29. The van der Waals surface area contributed by atoms with Crippen molar-refractivity contribution in [3.8, 4) is 22.6 Å². The van der Waals surface area contributed by atoms with Crippen LogP contribution in [0.15, 0.2) is 36.5 Å². The first-order chi connectivity index (χ1) is 15.2. The highest BCUT2D eigenvalue weighted by molar-refractivity contribution is 6.11. The van der Waals surface area contributed by atoms with Crippen molar-refractivity contribution < 1.29 is 23.8 Å². The van der Waals surface area contributed by atoms with E-state index < -0.39 is 5.41 Å². The summed E-state index contributed by atoms with van der Waals surface area (Å²) in [5, 5.41) is 1.73. The number of esters is 1. The Labute approximate surface area is 186 Å². The van der Waals surface area contributed by atoms with Crippen molar-refractivity contribution in [2.75, 3.05) is 26.2 Å². The predicted molar refractivity (Wildman–Crippen MR) is 122 cm³/mol. The third kappa shape index (κ3) is 3.53. The number of carbonyl (C=O) groups is 2. The molecule has 0 atom stereocenters. The van der Waals surface area contributed by atoms with Crippen molar-refractivity contribution in [2.45, 2.75) is 27.4 Å². The van der Waals surface area contributed by atoms with Crippen LogP contribution in [0.1, 0.15) is 36.7 Å². The molecule has 0 N–H and O–H groups in total. The molecule has 0 fully saturated rings. The van der Waals surface area contributed by atoms with Gasteiger partial charge >= 0.3 is 5.97 Å². The Morgan fingerprint density at radius 1 is 1.06 bits per heavy atom. The van der Waals surface area contributed by atoms with Gasteiger partial charge in [-0.15, -0.1) is 0 Å². The van der Waals surface area contributed by atoms with Gasteiger partial charge in [0.25, 0.3) is 0 Å². The maximum absolute atomic E-state index is 12.6. The second-order valence-electron chi connectivity index (χ2n) is 8.81. The lowest BCUT2D eigenvalue weighted by Crippen LogP contribution is -2.37. The van der Waals surface area contributed by atoms with Gasteiger partial charge in [-0.3, -0.25) is 9.69 Å². The molecule has 1 aliphatic rings. The lowest BCUT2D eigenvalue weighted by Gasteiger charge is -2.25. The van der Waals surface area contributed by atoms with E-state index in [0.29, 0.717) is 22.9 Å². The normalized spacial score (nSPS) is 13.0. The second kappa shape index (κ2) is 7.82. The number of benzene rings is 2. The van der Waals surface area contributed by atoms with E-state index >= 15 is 0 Å². The Morgan fingerprint density at radius 3 is 2.34 bits per heavy atom. The number of hydrogen-bond donors (Lipinski definition) is 0. The van der Waals surface area contributed by atoms with Crippen LogP contribution in [0.5, 0.6) is 11.5 Å². The largest absolute Gasteiger partial charge is 0.493 e. The minimum Gasteiger partial charge on any atom is -0.493 e. The van der Waals surface area contributed by atoms with Gasteiger partial charge in [-0.25, -0.2) is 9.78 Å². The number of pyridine rings is 1. The summed E-state index contributed by atoms with van der Waals surface area (Å²) in [5.41, 5.74) is 2.29. The molecular formula is C25H26N2O5. The van der Waals surface area contributed by atoms with Gasteiger partial charge in [0.15, 0.2) is 11.5 Å². The van der Waals surface area contributed by atoms with Crippen molar-refractivity contribution in [3.63, 3.8) is 0 Å². The molecular weight excluding hydrogens is 408 g/mol. The van der Waals surface area contributed by atoms with Crippen molar-refractivity contribution in [2.24, 2.45) is 5.41 Å². The summed E-state index contributed by atoms with van der Waals surface area (Å²) in [6, 6.07) is 9.34. The van der Waals surface area contributed by atoms with Crippen LogP contribution in [0.2, 0.25) is 0 Å². The van der Waals surface area contributed by atoms with Gasteiger partial charge in [0, 0.05) is 35.3 Å². The van der Waals surface area contributed by atoms with Crippen LogP contribution in [0.25, 0.3) is 21.9 Å². The molecule has 0 bridgehead atoms. The van der Waals surface area contributed by atoms with Gasteiger partial charge in [-0.2, -0.15) is 0 Å². The van der Waals surface area contributed by atoms with Crippen LogP contribution < -0.4 is 14.4 Å². The fourth-order valence-electron chi connectivity index (χ4n) is 3.99. The van der Waals surface area contributed by atoms with E-state index in [2.05, 4.69) is 4.98 Å². The van der Waals surface area contributed by atoms with E-state index in [0.717, 1.165) is 27.5 Å². The Bertz CT molecular complexity index is 1230. The Kier molecular flexibility index (Phi) is 5.28. The zero-order valence-electron chi connectivity index (χ0n) is 19.1. The number of rotatable bonds is 4. The number of ether oxygens (including phenoxy) is 3. The number of anilines is 1. The quantitative estimate of drug-likeness (QED) is 0.559. The number of aromatic nitrogens is 1. The smallest absolute Gasteiger partial charge is 0.339 e. The number of amides is 1. The highest BCUT2D eigenvalue weighted by Crippen LogP contribution is 2.42. The van der Waals surface area contributed by atoms with Crippen molar-refractivity contribution in [1.29, 1.82) is 0 Å². The van der Waals surface area contributed by atoms with Crippen LogP contribution in [0.4, 0.5) is 5.82 Å². The summed E-state index contributed by atoms with van der Waals surface area (Å²) in [6.07, 6.45) is 1.68. The molecule has 1 aliphatic heterocycles. The fourth-order valence-corrected chi connectivity index (χ4v) is 3.99. The number of methoxy groups -OCH3 is 2. The van der Waals surface area contributed by atoms with Gasteiger partial charge in [0.05, 0.1) is 19.8 Å². The van der Waals surface area contributed by atoms with E-state index in [-0.39, 0.29) is 18.5 Å². The number of fused-ring (bicyclic) bond motifs is 2. The van der Waals surface area contributed by atoms with Gasteiger partial charge in [0.2, 0.25) is 5.91 Å². The lowest BCUT2D eigenvalue weighted by atomic mass is 9.91. The maximum Gasteiger partial charge on any atom is 0.339 e. The van der Waals surface area contributed by atoms with Gasteiger partial charge in [-0.05, 0) is 41.1 Å². The standard InChI is InChI=1S/C25H26N2O5/c1-25(2,3)24(29)27(4)20-8-7-14(12-26-20)21-17-11-19(31-6)18(30-5)10-15(17)9-16-13-32-23(28)22(16)21/h7-12H,13H2,1-6H3. The third-order valence-electron chi connectivity index (χ3n) is 5.62. The minimum atomic E-state index is -0.523. The molecule has 2 heterocycles. The van der Waals surface area contributed by atoms with E-state index in [1.807, 2.05) is 45.0 Å². The molecule has 0 saturated carbocycles. The Balaban J connectivity index is 1.89. The fraction of sp³-hybridized carbons (Fsp3) is 0.320. The van der Waals surface area contributed by atoms with E-state index in [9.17, 15) is 9.59 Å². The van der Waals surface area contributed by atoms with E-state index in [1.54, 1.807) is 38.4 Å².